The molecule has 4 fully saturated rings. The second-order valence-electron chi connectivity index (χ2n) is 12.0. The first-order valence-electron chi connectivity index (χ1n) is 14.3. The van der Waals surface area contributed by atoms with E-state index < -0.39 is 40.5 Å². The molecule has 13 heteroatoms. The van der Waals surface area contributed by atoms with Crippen molar-refractivity contribution in [2.45, 2.75) is 69.0 Å². The van der Waals surface area contributed by atoms with Gasteiger partial charge in [0.05, 0.1) is 27.4 Å². The molecule has 2 aromatic heterocycles. The smallest absolute Gasteiger partial charge is 0.418 e. The monoisotopic (exact) mass is 608 g/mol. The minimum atomic E-state index is -4.79. The van der Waals surface area contributed by atoms with E-state index in [1.807, 2.05) is 4.90 Å². The van der Waals surface area contributed by atoms with Crippen molar-refractivity contribution in [3.63, 3.8) is 0 Å². The van der Waals surface area contributed by atoms with Crippen molar-refractivity contribution in [1.29, 1.82) is 0 Å². The number of hydrogen-bond donors (Lipinski definition) is 1. The number of pyridine rings is 1. The molecule has 1 aromatic carbocycles. The van der Waals surface area contributed by atoms with Crippen LogP contribution in [0.3, 0.4) is 0 Å². The molecular weight excluding hydrogens is 579 g/mol. The SMILES string of the molecule is Cc1ccnc(-c2c(Cl)cc3c(N4CC5CCC(C4)N5)nc(OC[C@@]45CCCN4C[C@H](F)C5)nc3c2F)c1C(F)(F)F. The quantitative estimate of drug-likeness (QED) is 0.373. The molecule has 7 nitrogen and oxygen atoms in total. The van der Waals surface area contributed by atoms with Crippen molar-refractivity contribution in [1.82, 2.24) is 25.2 Å². The van der Waals surface area contributed by atoms with Crippen molar-refractivity contribution >= 4 is 28.3 Å². The van der Waals surface area contributed by atoms with Gasteiger partial charge in [-0.05, 0) is 56.8 Å². The molecule has 2 unspecified atom stereocenters. The highest BCUT2D eigenvalue weighted by atomic mass is 35.5. The largest absolute Gasteiger partial charge is 0.461 e. The molecule has 0 amide bonds. The molecule has 0 spiro atoms. The molecule has 0 radical (unpaired) electrons. The third kappa shape index (κ3) is 4.66. The lowest BCUT2D eigenvalue weighted by atomic mass is 9.95. The van der Waals surface area contributed by atoms with Gasteiger partial charge in [0.15, 0.2) is 5.82 Å². The van der Waals surface area contributed by atoms with Gasteiger partial charge in [-0.25, -0.2) is 8.78 Å². The number of aryl methyl sites for hydroxylation is 1. The van der Waals surface area contributed by atoms with E-state index in [1.165, 1.54) is 25.3 Å². The minimum Gasteiger partial charge on any atom is -0.461 e. The molecule has 4 atom stereocenters. The number of hydrogen-bond acceptors (Lipinski definition) is 7. The van der Waals surface area contributed by atoms with Gasteiger partial charge in [-0.15, -0.1) is 0 Å². The maximum atomic E-state index is 16.5. The van der Waals surface area contributed by atoms with Crippen molar-refractivity contribution < 1.29 is 26.7 Å². The number of halogens is 6. The van der Waals surface area contributed by atoms with Crippen molar-refractivity contribution in [2.75, 3.05) is 37.7 Å². The number of ether oxygens (including phenoxy) is 1. The molecular formula is C29H30ClF5N6O. The number of benzene rings is 1. The Bertz CT molecular complexity index is 1540. The molecule has 4 aliphatic rings. The van der Waals surface area contributed by atoms with Crippen LogP contribution in [0, 0.1) is 12.7 Å². The van der Waals surface area contributed by atoms with E-state index in [0.29, 0.717) is 31.9 Å². The predicted octanol–water partition coefficient (Wildman–Crippen LogP) is 5.71. The van der Waals surface area contributed by atoms with Crippen LogP contribution >= 0.6 is 11.6 Å². The highest BCUT2D eigenvalue weighted by Gasteiger charge is 2.49. The molecule has 1 N–H and O–H groups in total. The number of anilines is 1. The Balaban J connectivity index is 1.36. The lowest BCUT2D eigenvalue weighted by Gasteiger charge is -2.34. The minimum absolute atomic E-state index is 0.102. The summed E-state index contributed by atoms with van der Waals surface area (Å²) in [7, 11) is 0. The van der Waals surface area contributed by atoms with Crippen LogP contribution in [-0.4, -0.2) is 76.4 Å². The molecule has 2 bridgehead atoms. The van der Waals surface area contributed by atoms with Crippen LogP contribution in [0.1, 0.15) is 43.2 Å². The summed E-state index contributed by atoms with van der Waals surface area (Å²) in [6.07, 6.45) is -0.530. The van der Waals surface area contributed by atoms with E-state index in [0.717, 1.165) is 32.2 Å². The van der Waals surface area contributed by atoms with Gasteiger partial charge in [0.2, 0.25) is 0 Å². The number of rotatable bonds is 5. The second-order valence-corrected chi connectivity index (χ2v) is 12.4. The summed E-state index contributed by atoms with van der Waals surface area (Å²) < 4.78 is 79.3. The number of nitrogens with zero attached hydrogens (tertiary/aromatic N) is 5. The first-order valence-corrected chi connectivity index (χ1v) is 14.7. The fourth-order valence-electron chi connectivity index (χ4n) is 7.41. The fourth-order valence-corrected chi connectivity index (χ4v) is 7.69. The molecule has 42 heavy (non-hydrogen) atoms. The van der Waals surface area contributed by atoms with Gasteiger partial charge < -0.3 is 15.0 Å². The summed E-state index contributed by atoms with van der Waals surface area (Å²) >= 11 is 6.55. The topological polar surface area (TPSA) is 66.4 Å². The summed E-state index contributed by atoms with van der Waals surface area (Å²) in [5, 5.41) is 3.61. The van der Waals surface area contributed by atoms with E-state index in [4.69, 9.17) is 21.3 Å². The average molecular weight is 609 g/mol. The maximum absolute atomic E-state index is 16.5. The van der Waals surface area contributed by atoms with Gasteiger partial charge in [-0.2, -0.15) is 23.1 Å². The molecule has 3 aromatic rings. The normalized spacial score (nSPS) is 27.7. The van der Waals surface area contributed by atoms with Gasteiger partial charge in [0, 0.05) is 49.7 Å². The van der Waals surface area contributed by atoms with Crippen molar-refractivity contribution in [3.8, 4) is 17.3 Å². The van der Waals surface area contributed by atoms with Gasteiger partial charge in [-0.3, -0.25) is 9.88 Å². The van der Waals surface area contributed by atoms with Crippen LogP contribution in [0.25, 0.3) is 22.2 Å². The van der Waals surface area contributed by atoms with Crippen LogP contribution < -0.4 is 15.0 Å². The Morgan fingerprint density at radius 1 is 1.17 bits per heavy atom. The number of nitrogens with one attached hydrogen (secondary N) is 1. The van der Waals surface area contributed by atoms with Gasteiger partial charge >= 0.3 is 12.2 Å². The van der Waals surface area contributed by atoms with Crippen LogP contribution in [0.2, 0.25) is 5.02 Å². The van der Waals surface area contributed by atoms with E-state index in [-0.39, 0.29) is 46.2 Å². The third-order valence-corrected chi connectivity index (χ3v) is 9.57. The second kappa shape index (κ2) is 10.1. The zero-order valence-electron chi connectivity index (χ0n) is 22.9. The Morgan fingerprint density at radius 3 is 2.67 bits per heavy atom. The molecule has 7 rings (SSSR count). The molecule has 0 saturated carbocycles. The molecule has 4 saturated heterocycles. The van der Waals surface area contributed by atoms with E-state index >= 15 is 4.39 Å². The Kier molecular flexibility index (Phi) is 6.74. The summed E-state index contributed by atoms with van der Waals surface area (Å²) in [4.78, 5) is 17.1. The van der Waals surface area contributed by atoms with Crippen molar-refractivity contribution in [2.24, 2.45) is 0 Å². The first-order chi connectivity index (χ1) is 20.0. The lowest BCUT2D eigenvalue weighted by Crippen LogP contribution is -2.51. The Hall–Kier alpha value is -2.83. The van der Waals surface area contributed by atoms with E-state index in [2.05, 4.69) is 20.2 Å². The maximum Gasteiger partial charge on any atom is 0.418 e. The zero-order valence-corrected chi connectivity index (χ0v) is 23.7. The summed E-state index contributed by atoms with van der Waals surface area (Å²) in [6.45, 7) is 3.77. The highest BCUT2D eigenvalue weighted by Crippen LogP contribution is 2.45. The molecule has 4 aliphatic heterocycles. The number of piperazine rings is 1. The number of alkyl halides is 4. The van der Waals surface area contributed by atoms with Crippen LogP contribution in [0.4, 0.5) is 27.8 Å². The van der Waals surface area contributed by atoms with E-state index in [1.54, 1.807) is 0 Å². The average Bonchev–Trinajstić information content (AvgIpc) is 3.57. The van der Waals surface area contributed by atoms with Gasteiger partial charge in [0.25, 0.3) is 0 Å². The molecule has 224 valence electrons. The zero-order chi connectivity index (χ0) is 29.4. The van der Waals surface area contributed by atoms with Crippen LogP contribution in [-0.2, 0) is 6.18 Å². The van der Waals surface area contributed by atoms with Crippen LogP contribution in [0.15, 0.2) is 18.3 Å². The highest BCUT2D eigenvalue weighted by molar-refractivity contribution is 6.34. The number of fused-ring (bicyclic) bond motifs is 4. The summed E-state index contributed by atoms with van der Waals surface area (Å²) in [5.41, 5.74) is -2.93. The van der Waals surface area contributed by atoms with Crippen molar-refractivity contribution in [3.05, 3.63) is 40.3 Å². The number of aromatic nitrogens is 3. The molecule has 0 aliphatic carbocycles. The predicted molar refractivity (Wildman–Crippen MR) is 148 cm³/mol. The summed E-state index contributed by atoms with van der Waals surface area (Å²) in [6, 6.07) is 3.00. The molecule has 6 heterocycles. The Morgan fingerprint density at radius 2 is 1.93 bits per heavy atom. The third-order valence-electron chi connectivity index (χ3n) is 9.27. The van der Waals surface area contributed by atoms with E-state index in [9.17, 15) is 17.6 Å². The fraction of sp³-hybridized carbons (Fsp3) is 0.552. The van der Waals surface area contributed by atoms with Gasteiger partial charge in [-0.1, -0.05) is 11.6 Å². The summed E-state index contributed by atoms with van der Waals surface area (Å²) in [5.74, 6) is -0.623. The first kappa shape index (κ1) is 28.0. The Labute approximate surface area is 244 Å². The van der Waals surface area contributed by atoms with Gasteiger partial charge in [0.1, 0.15) is 24.1 Å². The lowest BCUT2D eigenvalue weighted by molar-refractivity contribution is -0.137. The van der Waals surface area contributed by atoms with Crippen LogP contribution in [0.5, 0.6) is 6.01 Å². The standard InChI is InChI=1S/C29H30ClF5N6O/c1-15-5-7-36-25(22(15)29(33,34)35)21-20(30)9-19-24(23(21)32)38-27(39-26(19)40-12-17-3-4-18(13-40)37-17)42-14-28-6-2-8-41(28)11-16(31)10-28/h5,7,9,16-18,37H,2-4,6,8,10-14H2,1H3/t16-,17?,18?,28+/m1/s1.